The molecule has 0 amide bonds. The summed E-state index contributed by atoms with van der Waals surface area (Å²) in [7, 11) is -3.94. The van der Waals surface area contributed by atoms with Crippen LogP contribution in [0.5, 0.6) is 5.75 Å². The van der Waals surface area contributed by atoms with E-state index in [1.54, 1.807) is 36.4 Å². The highest BCUT2D eigenvalue weighted by molar-refractivity contribution is 7.89. The molecule has 0 N–H and O–H groups in total. The van der Waals surface area contributed by atoms with Gasteiger partial charge >= 0.3 is 5.97 Å². The highest BCUT2D eigenvalue weighted by Gasteiger charge is 2.28. The molecule has 0 unspecified atom stereocenters. The van der Waals surface area contributed by atoms with E-state index in [4.69, 9.17) is 20.8 Å². The standard InChI is InChI=1S/C20H18ClNO5S/c1-15-4-10-19(11-5-15)28(24,25)22(13-18-3-2-12-26-18)14-20(23)27-17-8-6-16(21)7-9-17/h2-12H,13-14H2,1H3. The molecule has 1 aromatic heterocycles. The summed E-state index contributed by atoms with van der Waals surface area (Å²) in [5.74, 6) is -0.0281. The van der Waals surface area contributed by atoms with Crippen LogP contribution in [0.25, 0.3) is 0 Å². The minimum atomic E-state index is -3.94. The van der Waals surface area contributed by atoms with E-state index < -0.39 is 22.5 Å². The maximum absolute atomic E-state index is 13.1. The van der Waals surface area contributed by atoms with Gasteiger partial charge in [0.25, 0.3) is 0 Å². The molecule has 0 saturated carbocycles. The van der Waals surface area contributed by atoms with E-state index in [0.717, 1.165) is 9.87 Å². The summed E-state index contributed by atoms with van der Waals surface area (Å²) < 4.78 is 37.6. The third-order valence-electron chi connectivity index (χ3n) is 3.92. The van der Waals surface area contributed by atoms with Crippen molar-refractivity contribution in [3.63, 3.8) is 0 Å². The van der Waals surface area contributed by atoms with Crippen LogP contribution < -0.4 is 4.74 Å². The molecule has 0 spiro atoms. The van der Waals surface area contributed by atoms with E-state index in [1.807, 2.05) is 6.92 Å². The van der Waals surface area contributed by atoms with Crippen LogP contribution in [0.15, 0.2) is 76.2 Å². The van der Waals surface area contributed by atoms with Gasteiger partial charge < -0.3 is 9.15 Å². The zero-order valence-electron chi connectivity index (χ0n) is 15.0. The zero-order chi connectivity index (χ0) is 20.1. The van der Waals surface area contributed by atoms with Gasteiger partial charge in [0.15, 0.2) is 0 Å². The number of hydrogen-bond acceptors (Lipinski definition) is 5. The fourth-order valence-corrected chi connectivity index (χ4v) is 3.95. The summed E-state index contributed by atoms with van der Waals surface area (Å²) in [4.78, 5) is 12.5. The molecule has 0 atom stereocenters. The first-order chi connectivity index (χ1) is 13.3. The van der Waals surface area contributed by atoms with Crippen molar-refractivity contribution in [1.29, 1.82) is 0 Å². The molecule has 0 radical (unpaired) electrons. The number of nitrogens with zero attached hydrogens (tertiary/aromatic N) is 1. The Hall–Kier alpha value is -2.61. The molecule has 6 nitrogen and oxygen atoms in total. The van der Waals surface area contributed by atoms with E-state index in [0.29, 0.717) is 10.8 Å². The fourth-order valence-electron chi connectivity index (χ4n) is 2.47. The molecule has 0 aliphatic rings. The van der Waals surface area contributed by atoms with E-state index in [1.165, 1.54) is 30.5 Å². The van der Waals surface area contributed by atoms with Crippen molar-refractivity contribution in [3.8, 4) is 5.75 Å². The largest absolute Gasteiger partial charge is 0.468 e. The van der Waals surface area contributed by atoms with E-state index in [-0.39, 0.29) is 17.2 Å². The molecule has 0 bridgehead atoms. The molecule has 0 saturated heterocycles. The van der Waals surface area contributed by atoms with Gasteiger partial charge in [-0.1, -0.05) is 29.3 Å². The lowest BCUT2D eigenvalue weighted by molar-refractivity contribution is -0.134. The number of ether oxygens (including phenoxy) is 1. The van der Waals surface area contributed by atoms with Crippen LogP contribution in [0.4, 0.5) is 0 Å². The highest BCUT2D eigenvalue weighted by Crippen LogP contribution is 2.20. The molecule has 146 valence electrons. The predicted molar refractivity (Wildman–Crippen MR) is 105 cm³/mol. The number of hydrogen-bond donors (Lipinski definition) is 0. The third-order valence-corrected chi connectivity index (χ3v) is 5.98. The molecule has 3 aromatic rings. The molecule has 28 heavy (non-hydrogen) atoms. The highest BCUT2D eigenvalue weighted by atomic mass is 35.5. The summed E-state index contributed by atoms with van der Waals surface area (Å²) in [5.41, 5.74) is 0.929. The van der Waals surface area contributed by atoms with Gasteiger partial charge in [-0.2, -0.15) is 4.31 Å². The summed E-state index contributed by atoms with van der Waals surface area (Å²) >= 11 is 5.81. The summed E-state index contributed by atoms with van der Waals surface area (Å²) in [6, 6.07) is 15.9. The maximum Gasteiger partial charge on any atom is 0.326 e. The first-order valence-corrected chi connectivity index (χ1v) is 10.2. The average molecular weight is 420 g/mol. The number of benzene rings is 2. The molecule has 3 rings (SSSR count). The van der Waals surface area contributed by atoms with Crippen molar-refractivity contribution < 1.29 is 22.4 Å². The Morgan fingerprint density at radius 3 is 2.36 bits per heavy atom. The van der Waals surface area contributed by atoms with Crippen molar-refractivity contribution in [2.45, 2.75) is 18.4 Å². The van der Waals surface area contributed by atoms with Gasteiger partial charge in [0.05, 0.1) is 17.7 Å². The smallest absolute Gasteiger partial charge is 0.326 e. The number of carbonyl (C=O) groups is 1. The van der Waals surface area contributed by atoms with Crippen LogP contribution in [0.3, 0.4) is 0 Å². The lowest BCUT2D eigenvalue weighted by Crippen LogP contribution is -2.36. The molecule has 0 aliphatic carbocycles. The van der Waals surface area contributed by atoms with Crippen LogP contribution in [0.2, 0.25) is 5.02 Å². The quantitative estimate of drug-likeness (QED) is 0.426. The molecule has 2 aromatic carbocycles. The minimum Gasteiger partial charge on any atom is -0.468 e. The number of furan rings is 1. The first kappa shape index (κ1) is 20.1. The number of esters is 1. The second-order valence-corrected chi connectivity index (χ2v) is 8.47. The molecule has 8 heteroatoms. The first-order valence-electron chi connectivity index (χ1n) is 8.40. The minimum absolute atomic E-state index is 0.0870. The lowest BCUT2D eigenvalue weighted by Gasteiger charge is -2.20. The van der Waals surface area contributed by atoms with Gasteiger partial charge in [0, 0.05) is 5.02 Å². The lowest BCUT2D eigenvalue weighted by atomic mass is 10.2. The average Bonchev–Trinajstić information content (AvgIpc) is 3.17. The van der Waals surface area contributed by atoms with Gasteiger partial charge in [0.1, 0.15) is 18.1 Å². The van der Waals surface area contributed by atoms with Gasteiger partial charge in [-0.05, 0) is 55.5 Å². The molecule has 0 fully saturated rings. The van der Waals surface area contributed by atoms with Crippen LogP contribution in [-0.4, -0.2) is 25.2 Å². The summed E-state index contributed by atoms with van der Waals surface area (Å²) in [6.45, 7) is 1.29. The topological polar surface area (TPSA) is 76.8 Å². The number of halogens is 1. The number of sulfonamides is 1. The number of rotatable bonds is 7. The van der Waals surface area contributed by atoms with Gasteiger partial charge in [0.2, 0.25) is 10.0 Å². The monoisotopic (exact) mass is 419 g/mol. The van der Waals surface area contributed by atoms with Crippen LogP contribution >= 0.6 is 11.6 Å². The van der Waals surface area contributed by atoms with E-state index >= 15 is 0 Å². The van der Waals surface area contributed by atoms with Crippen LogP contribution in [0, 0.1) is 6.92 Å². The molecular formula is C20H18ClNO5S. The van der Waals surface area contributed by atoms with E-state index in [2.05, 4.69) is 0 Å². The SMILES string of the molecule is Cc1ccc(S(=O)(=O)N(CC(=O)Oc2ccc(Cl)cc2)Cc2ccco2)cc1. The maximum atomic E-state index is 13.1. The van der Waals surface area contributed by atoms with E-state index in [9.17, 15) is 13.2 Å². The summed E-state index contributed by atoms with van der Waals surface area (Å²) in [6.07, 6.45) is 1.44. The van der Waals surface area contributed by atoms with Gasteiger partial charge in [-0.3, -0.25) is 4.79 Å². The number of carbonyl (C=O) groups excluding carboxylic acids is 1. The zero-order valence-corrected chi connectivity index (χ0v) is 16.6. The summed E-state index contributed by atoms with van der Waals surface area (Å²) in [5, 5.41) is 0.501. The van der Waals surface area contributed by atoms with Crippen LogP contribution in [-0.2, 0) is 21.4 Å². The normalized spacial score (nSPS) is 11.5. The number of aryl methyl sites for hydroxylation is 1. The fraction of sp³-hybridized carbons (Fsp3) is 0.150. The Morgan fingerprint density at radius 1 is 1.07 bits per heavy atom. The van der Waals surface area contributed by atoms with Crippen molar-refractivity contribution in [3.05, 3.63) is 83.3 Å². The van der Waals surface area contributed by atoms with Gasteiger partial charge in [-0.25, -0.2) is 8.42 Å². The Labute approximate surface area is 168 Å². The second kappa shape index (κ2) is 8.60. The Kier molecular flexibility index (Phi) is 6.18. The second-order valence-electron chi connectivity index (χ2n) is 6.09. The Balaban J connectivity index is 1.83. The van der Waals surface area contributed by atoms with Crippen molar-refractivity contribution in [2.75, 3.05) is 6.54 Å². The Bertz CT molecular complexity index is 1030. The van der Waals surface area contributed by atoms with Crippen molar-refractivity contribution in [1.82, 2.24) is 4.31 Å². The van der Waals surface area contributed by atoms with Crippen molar-refractivity contribution in [2.24, 2.45) is 0 Å². The molecule has 1 heterocycles. The van der Waals surface area contributed by atoms with Gasteiger partial charge in [-0.15, -0.1) is 0 Å². The molecule has 0 aliphatic heterocycles. The van der Waals surface area contributed by atoms with Crippen LogP contribution in [0.1, 0.15) is 11.3 Å². The third kappa shape index (κ3) is 5.01. The van der Waals surface area contributed by atoms with Crippen molar-refractivity contribution >= 4 is 27.6 Å². The predicted octanol–water partition coefficient (Wildman–Crippen LogP) is 4.04. The molecular weight excluding hydrogens is 402 g/mol. The Morgan fingerprint density at radius 2 is 1.75 bits per heavy atom.